The lowest BCUT2D eigenvalue weighted by Crippen LogP contribution is -2.51. The largest absolute Gasteiger partial charge is 0.480 e. The van der Waals surface area contributed by atoms with Gasteiger partial charge in [0.1, 0.15) is 6.04 Å². The Kier molecular flexibility index (Phi) is 4.52. The zero-order valence-corrected chi connectivity index (χ0v) is 12.1. The zero-order chi connectivity index (χ0) is 14.9. The molecule has 0 aromatic heterocycles. The summed E-state index contributed by atoms with van der Waals surface area (Å²) in [6.45, 7) is 4.43. The van der Waals surface area contributed by atoms with Gasteiger partial charge >= 0.3 is 12.0 Å². The Morgan fingerprint density at radius 2 is 1.90 bits per heavy atom. The Balaban J connectivity index is 1.95. The van der Waals surface area contributed by atoms with Crippen LogP contribution in [0, 0.1) is 11.8 Å². The molecule has 0 bridgehead atoms. The molecule has 20 heavy (non-hydrogen) atoms. The van der Waals surface area contributed by atoms with Crippen LogP contribution in [0.2, 0.25) is 0 Å². The second-order valence-corrected chi connectivity index (χ2v) is 6.35. The lowest BCUT2D eigenvalue weighted by Gasteiger charge is -2.34. The van der Waals surface area contributed by atoms with Crippen LogP contribution < -0.4 is 5.32 Å². The van der Waals surface area contributed by atoms with E-state index in [2.05, 4.69) is 19.2 Å². The van der Waals surface area contributed by atoms with Crippen molar-refractivity contribution in [3.05, 3.63) is 0 Å². The standard InChI is InChI=1S/C14H24N2O4/c1-8-3-4-11(9(2)5-8)15-14(20)16-7-10(17)6-12(16)13(18)19/h8-12,17H,3-7H2,1-2H3,(H,15,20)(H,18,19)/t8?,9?,10?,11?,12-/m0/s1. The summed E-state index contributed by atoms with van der Waals surface area (Å²) in [5.41, 5.74) is 0. The van der Waals surface area contributed by atoms with Gasteiger partial charge in [-0.15, -0.1) is 0 Å². The van der Waals surface area contributed by atoms with Crippen LogP contribution in [0.4, 0.5) is 4.79 Å². The molecule has 1 aliphatic carbocycles. The van der Waals surface area contributed by atoms with Crippen molar-refractivity contribution in [2.24, 2.45) is 11.8 Å². The summed E-state index contributed by atoms with van der Waals surface area (Å²) in [6, 6.07) is -1.17. The van der Waals surface area contributed by atoms with Gasteiger partial charge in [0, 0.05) is 19.0 Å². The van der Waals surface area contributed by atoms with Crippen molar-refractivity contribution in [3.8, 4) is 0 Å². The van der Waals surface area contributed by atoms with Crippen LogP contribution in [0.25, 0.3) is 0 Å². The third kappa shape index (κ3) is 3.23. The molecule has 2 amide bonds. The maximum atomic E-state index is 12.2. The molecule has 1 heterocycles. The molecule has 6 nitrogen and oxygen atoms in total. The number of amides is 2. The van der Waals surface area contributed by atoms with E-state index in [-0.39, 0.29) is 25.0 Å². The molecular weight excluding hydrogens is 260 g/mol. The van der Waals surface area contributed by atoms with Crippen molar-refractivity contribution in [3.63, 3.8) is 0 Å². The third-order valence-electron chi connectivity index (χ3n) is 4.57. The summed E-state index contributed by atoms with van der Waals surface area (Å²) in [4.78, 5) is 24.6. The number of aliphatic hydroxyl groups is 1. The van der Waals surface area contributed by atoms with E-state index in [1.807, 2.05) is 0 Å². The van der Waals surface area contributed by atoms with E-state index >= 15 is 0 Å². The smallest absolute Gasteiger partial charge is 0.326 e. The monoisotopic (exact) mass is 284 g/mol. The maximum absolute atomic E-state index is 12.2. The van der Waals surface area contributed by atoms with Crippen molar-refractivity contribution in [1.29, 1.82) is 0 Å². The van der Waals surface area contributed by atoms with Crippen LogP contribution in [0.15, 0.2) is 0 Å². The van der Waals surface area contributed by atoms with Crippen LogP contribution >= 0.6 is 0 Å². The van der Waals surface area contributed by atoms with E-state index in [1.54, 1.807) is 0 Å². The molecule has 0 aromatic carbocycles. The lowest BCUT2D eigenvalue weighted by atomic mass is 9.80. The summed E-state index contributed by atoms with van der Waals surface area (Å²) >= 11 is 0. The minimum Gasteiger partial charge on any atom is -0.480 e. The SMILES string of the molecule is CC1CCC(NC(=O)N2CC(O)C[C@H]2C(=O)O)C(C)C1. The lowest BCUT2D eigenvalue weighted by molar-refractivity contribution is -0.141. The van der Waals surface area contributed by atoms with E-state index in [9.17, 15) is 14.7 Å². The molecule has 6 heteroatoms. The number of hydrogen-bond donors (Lipinski definition) is 3. The summed E-state index contributed by atoms with van der Waals surface area (Å²) < 4.78 is 0. The summed E-state index contributed by atoms with van der Waals surface area (Å²) in [6.07, 6.45) is 2.46. The highest BCUT2D eigenvalue weighted by Gasteiger charge is 2.40. The average molecular weight is 284 g/mol. The van der Waals surface area contributed by atoms with Gasteiger partial charge in [0.25, 0.3) is 0 Å². The van der Waals surface area contributed by atoms with Gasteiger partial charge in [0.2, 0.25) is 0 Å². The number of carbonyl (C=O) groups excluding carboxylic acids is 1. The average Bonchev–Trinajstić information content (AvgIpc) is 2.75. The van der Waals surface area contributed by atoms with Crippen LogP contribution in [-0.4, -0.2) is 51.8 Å². The molecule has 114 valence electrons. The molecule has 0 aromatic rings. The summed E-state index contributed by atoms with van der Waals surface area (Å²) in [7, 11) is 0. The second-order valence-electron chi connectivity index (χ2n) is 6.35. The Bertz CT molecular complexity index is 387. The summed E-state index contributed by atoms with van der Waals surface area (Å²) in [5.74, 6) is 0.0269. The van der Waals surface area contributed by atoms with Gasteiger partial charge in [0.05, 0.1) is 6.10 Å². The molecule has 1 aliphatic heterocycles. The fourth-order valence-electron chi connectivity index (χ4n) is 3.39. The number of urea groups is 1. The molecule has 1 saturated heterocycles. The first-order chi connectivity index (χ1) is 9.38. The topological polar surface area (TPSA) is 89.9 Å². The Morgan fingerprint density at radius 3 is 2.50 bits per heavy atom. The van der Waals surface area contributed by atoms with Gasteiger partial charge < -0.3 is 20.4 Å². The van der Waals surface area contributed by atoms with Crippen molar-refractivity contribution >= 4 is 12.0 Å². The number of carboxylic acid groups (broad SMARTS) is 1. The van der Waals surface area contributed by atoms with Gasteiger partial charge in [-0.3, -0.25) is 0 Å². The zero-order valence-electron chi connectivity index (χ0n) is 12.1. The first-order valence-electron chi connectivity index (χ1n) is 7.36. The van der Waals surface area contributed by atoms with Crippen LogP contribution in [0.3, 0.4) is 0 Å². The van der Waals surface area contributed by atoms with E-state index in [4.69, 9.17) is 5.11 Å². The number of hydrogen-bond acceptors (Lipinski definition) is 3. The summed E-state index contributed by atoms with van der Waals surface area (Å²) in [5, 5.41) is 21.6. The fourth-order valence-corrected chi connectivity index (χ4v) is 3.39. The molecule has 2 fully saturated rings. The Hall–Kier alpha value is -1.30. The van der Waals surface area contributed by atoms with Crippen LogP contribution in [0.5, 0.6) is 0 Å². The number of rotatable bonds is 2. The van der Waals surface area contributed by atoms with Gasteiger partial charge in [-0.05, 0) is 31.1 Å². The molecule has 1 saturated carbocycles. The maximum Gasteiger partial charge on any atom is 0.326 e. The molecule has 0 radical (unpaired) electrons. The molecule has 4 unspecified atom stereocenters. The highest BCUT2D eigenvalue weighted by Crippen LogP contribution is 2.29. The molecule has 3 N–H and O–H groups in total. The third-order valence-corrected chi connectivity index (χ3v) is 4.57. The number of β-amino-alcohol motifs (C(OH)–C–C–N with tert-alkyl or cyclic N) is 1. The quantitative estimate of drug-likeness (QED) is 0.707. The number of aliphatic carboxylic acids is 1. The molecule has 5 atom stereocenters. The first-order valence-corrected chi connectivity index (χ1v) is 7.36. The van der Waals surface area contributed by atoms with Crippen molar-refractivity contribution < 1.29 is 19.8 Å². The minimum absolute atomic E-state index is 0.0975. The van der Waals surface area contributed by atoms with Gasteiger partial charge in [-0.1, -0.05) is 13.8 Å². The van der Waals surface area contributed by atoms with Crippen LogP contribution in [-0.2, 0) is 4.79 Å². The Labute approximate surface area is 119 Å². The van der Waals surface area contributed by atoms with Gasteiger partial charge in [0.15, 0.2) is 0 Å². The van der Waals surface area contributed by atoms with Crippen molar-refractivity contribution in [2.45, 2.75) is 57.7 Å². The number of carbonyl (C=O) groups is 2. The van der Waals surface area contributed by atoms with E-state index < -0.39 is 18.1 Å². The fraction of sp³-hybridized carbons (Fsp3) is 0.857. The number of aliphatic hydroxyl groups excluding tert-OH is 1. The highest BCUT2D eigenvalue weighted by atomic mass is 16.4. The van der Waals surface area contributed by atoms with E-state index in [0.29, 0.717) is 11.8 Å². The molecule has 2 rings (SSSR count). The number of nitrogens with one attached hydrogen (secondary N) is 1. The normalized spacial score (nSPS) is 37.8. The molecular formula is C14H24N2O4. The van der Waals surface area contributed by atoms with Gasteiger partial charge in [-0.2, -0.15) is 0 Å². The molecule has 2 aliphatic rings. The minimum atomic E-state index is -1.05. The highest BCUT2D eigenvalue weighted by molar-refractivity contribution is 5.83. The Morgan fingerprint density at radius 1 is 1.20 bits per heavy atom. The predicted octanol–water partition coefficient (Wildman–Crippen LogP) is 1.04. The van der Waals surface area contributed by atoms with Crippen molar-refractivity contribution in [1.82, 2.24) is 10.2 Å². The van der Waals surface area contributed by atoms with E-state index in [0.717, 1.165) is 19.3 Å². The number of nitrogens with zero attached hydrogens (tertiary/aromatic N) is 1. The predicted molar refractivity (Wildman–Crippen MR) is 73.3 cm³/mol. The van der Waals surface area contributed by atoms with E-state index in [1.165, 1.54) is 4.90 Å². The van der Waals surface area contributed by atoms with Crippen molar-refractivity contribution in [2.75, 3.05) is 6.54 Å². The van der Waals surface area contributed by atoms with Gasteiger partial charge in [-0.25, -0.2) is 9.59 Å². The number of likely N-dealkylation sites (tertiary alicyclic amines) is 1. The first kappa shape index (κ1) is 15.1. The number of carboxylic acids is 1. The molecule has 0 spiro atoms. The van der Waals surface area contributed by atoms with Crippen LogP contribution in [0.1, 0.15) is 39.5 Å². The second kappa shape index (κ2) is 5.99.